The minimum atomic E-state index is -1.91. The standard InChI is InChI=1S/C39H67NO9Si/c1-13-33(45-28-43-9)22-18-16-20-24-37(41)48-36(32(5)25-31(4)27-47-50(11,12)39(6,7)8)26-30(3)21-17-15-19-23-35(49-38(40)42)34(14-2)46-29-44-10/h13-15,17,20-21,24-25,32-36H,1-2,16,18-19,22-23,26-29H2,3-12H3,(H2,40,42)/b17-15+,24-20+,30-21+,31-25+/t32-,33-,34+,35+,36-/m1/s1. The first kappa shape index (κ1) is 47.2. The Labute approximate surface area is 303 Å². The highest BCUT2D eigenvalue weighted by molar-refractivity contribution is 6.74. The van der Waals surface area contributed by atoms with Crippen LogP contribution in [0.3, 0.4) is 0 Å². The topological polar surface area (TPSA) is 125 Å². The van der Waals surface area contributed by atoms with E-state index in [1.54, 1.807) is 19.3 Å². The second-order valence-electron chi connectivity index (χ2n) is 14.0. The first-order valence-corrected chi connectivity index (χ1v) is 20.3. The number of nitrogens with two attached hydrogens (primary N) is 1. The van der Waals surface area contributed by atoms with E-state index in [1.165, 1.54) is 13.2 Å². The van der Waals surface area contributed by atoms with Crippen LogP contribution in [0.25, 0.3) is 0 Å². The number of unbranched alkanes of at least 4 members (excludes halogenated alkanes) is 1. The molecule has 0 heterocycles. The summed E-state index contributed by atoms with van der Waals surface area (Å²) in [6.45, 7) is 25.7. The van der Waals surface area contributed by atoms with Gasteiger partial charge in [0.05, 0.1) is 12.7 Å². The number of hydrogen-bond acceptors (Lipinski definition) is 9. The number of allylic oxidation sites excluding steroid dienone is 4. The van der Waals surface area contributed by atoms with E-state index < -0.39 is 26.6 Å². The minimum Gasteiger partial charge on any atom is -0.458 e. The molecule has 10 nitrogen and oxygen atoms in total. The van der Waals surface area contributed by atoms with Crippen molar-refractivity contribution in [3.05, 3.63) is 72.9 Å². The molecule has 0 aliphatic heterocycles. The Morgan fingerprint density at radius 2 is 1.54 bits per heavy atom. The summed E-state index contributed by atoms with van der Waals surface area (Å²) in [5.41, 5.74) is 7.42. The number of amides is 1. The molecule has 0 fully saturated rings. The summed E-state index contributed by atoms with van der Waals surface area (Å²) in [6.07, 6.45) is 16.2. The van der Waals surface area contributed by atoms with E-state index in [0.717, 1.165) is 24.0 Å². The highest BCUT2D eigenvalue weighted by atomic mass is 28.4. The van der Waals surface area contributed by atoms with Gasteiger partial charge in [-0.1, -0.05) is 81.4 Å². The molecule has 0 aliphatic carbocycles. The normalized spacial score (nSPS) is 16.2. The zero-order valence-electron chi connectivity index (χ0n) is 32.5. The van der Waals surface area contributed by atoms with E-state index in [9.17, 15) is 9.59 Å². The molecular weight excluding hydrogens is 655 g/mol. The van der Waals surface area contributed by atoms with Gasteiger partial charge in [0.15, 0.2) is 8.32 Å². The van der Waals surface area contributed by atoms with Gasteiger partial charge >= 0.3 is 12.1 Å². The van der Waals surface area contributed by atoms with Crippen molar-refractivity contribution in [1.82, 2.24) is 0 Å². The molecule has 0 aromatic rings. The van der Waals surface area contributed by atoms with Crippen molar-refractivity contribution < 1.29 is 42.4 Å². The van der Waals surface area contributed by atoms with Crippen LogP contribution in [0.15, 0.2) is 72.9 Å². The van der Waals surface area contributed by atoms with E-state index in [1.807, 2.05) is 31.2 Å². The van der Waals surface area contributed by atoms with Crippen LogP contribution in [-0.2, 0) is 37.6 Å². The number of carbonyl (C=O) groups excluding carboxylic acids is 2. The molecule has 0 aliphatic rings. The lowest BCUT2D eigenvalue weighted by atomic mass is 9.95. The van der Waals surface area contributed by atoms with Gasteiger partial charge in [0.1, 0.15) is 31.9 Å². The van der Waals surface area contributed by atoms with Crippen molar-refractivity contribution in [2.45, 2.75) is 123 Å². The molecule has 0 spiro atoms. The monoisotopic (exact) mass is 721 g/mol. The smallest absolute Gasteiger partial charge is 0.404 e. The Bertz CT molecular complexity index is 1120. The zero-order valence-corrected chi connectivity index (χ0v) is 33.5. The highest BCUT2D eigenvalue weighted by Crippen LogP contribution is 2.36. The molecule has 0 bridgehead atoms. The SMILES string of the molecule is C=C[C@H](CCC/C=C/C(=O)O[C@H](C/C(C)=C/C=C/CC[C@H](OC(N)=O)[C@H](C=C)OCOC)[C@H](C)/C=C(\C)CO[Si](C)(C)C(C)(C)C)OCOC. The van der Waals surface area contributed by atoms with Gasteiger partial charge in [-0.3, -0.25) is 0 Å². The number of carbonyl (C=O) groups is 2. The first-order chi connectivity index (χ1) is 23.5. The van der Waals surface area contributed by atoms with Gasteiger partial charge in [-0.25, -0.2) is 9.59 Å². The maximum absolute atomic E-state index is 13.0. The average Bonchev–Trinajstić information content (AvgIpc) is 3.03. The van der Waals surface area contributed by atoms with E-state index in [2.05, 4.69) is 66.9 Å². The summed E-state index contributed by atoms with van der Waals surface area (Å²) in [5.74, 6) is -0.429. The Hall–Kier alpha value is -2.80. The summed E-state index contributed by atoms with van der Waals surface area (Å²) in [6, 6.07) is 0. The Balaban J connectivity index is 5.65. The highest BCUT2D eigenvalue weighted by Gasteiger charge is 2.37. The number of primary amides is 1. The Morgan fingerprint density at radius 3 is 2.12 bits per heavy atom. The van der Waals surface area contributed by atoms with Crippen molar-refractivity contribution >= 4 is 20.4 Å². The predicted octanol–water partition coefficient (Wildman–Crippen LogP) is 8.72. The van der Waals surface area contributed by atoms with E-state index in [4.69, 9.17) is 38.6 Å². The minimum absolute atomic E-state index is 0.0340. The third-order valence-electron chi connectivity index (χ3n) is 8.55. The summed E-state index contributed by atoms with van der Waals surface area (Å²) < 4.78 is 38.8. The summed E-state index contributed by atoms with van der Waals surface area (Å²) in [4.78, 5) is 24.4. The molecule has 50 heavy (non-hydrogen) atoms. The Morgan fingerprint density at radius 1 is 0.880 bits per heavy atom. The lowest BCUT2D eigenvalue weighted by Crippen LogP contribution is -2.41. The molecule has 0 unspecified atom stereocenters. The van der Waals surface area contributed by atoms with Crippen LogP contribution in [0.4, 0.5) is 4.79 Å². The van der Waals surface area contributed by atoms with Crippen LogP contribution in [0.1, 0.15) is 80.1 Å². The summed E-state index contributed by atoms with van der Waals surface area (Å²) in [7, 11) is 1.18. The molecule has 0 radical (unpaired) electrons. The van der Waals surface area contributed by atoms with Crippen molar-refractivity contribution in [2.24, 2.45) is 11.7 Å². The van der Waals surface area contributed by atoms with Crippen LogP contribution in [0, 0.1) is 5.92 Å². The fourth-order valence-electron chi connectivity index (χ4n) is 4.57. The van der Waals surface area contributed by atoms with Crippen molar-refractivity contribution in [2.75, 3.05) is 34.4 Å². The lowest BCUT2D eigenvalue weighted by Gasteiger charge is -2.36. The molecule has 2 N–H and O–H groups in total. The molecule has 0 aromatic heterocycles. The fraction of sp³-hybridized carbons (Fsp3) is 0.641. The van der Waals surface area contributed by atoms with Gasteiger partial charge in [0.2, 0.25) is 0 Å². The maximum Gasteiger partial charge on any atom is 0.404 e. The molecule has 1 amide bonds. The third kappa shape index (κ3) is 21.4. The number of methoxy groups -OCH3 is 2. The van der Waals surface area contributed by atoms with E-state index in [0.29, 0.717) is 32.3 Å². The van der Waals surface area contributed by atoms with Crippen molar-refractivity contribution in [3.8, 4) is 0 Å². The third-order valence-corrected chi connectivity index (χ3v) is 13.0. The molecule has 11 heteroatoms. The molecule has 286 valence electrons. The number of esters is 1. The van der Waals surface area contributed by atoms with Gasteiger partial charge < -0.3 is 38.6 Å². The second kappa shape index (κ2) is 26.0. The van der Waals surface area contributed by atoms with Crippen LogP contribution >= 0.6 is 0 Å². The fourth-order valence-corrected chi connectivity index (χ4v) is 5.59. The van der Waals surface area contributed by atoms with Gasteiger partial charge in [0, 0.05) is 32.6 Å². The van der Waals surface area contributed by atoms with Crippen molar-refractivity contribution in [3.63, 3.8) is 0 Å². The number of ether oxygens (including phenoxy) is 6. The molecule has 5 atom stereocenters. The number of hydrogen-bond donors (Lipinski definition) is 1. The molecule has 0 aromatic carbocycles. The van der Waals surface area contributed by atoms with E-state index >= 15 is 0 Å². The molecule has 0 rings (SSSR count). The lowest BCUT2D eigenvalue weighted by molar-refractivity contribution is -0.144. The van der Waals surface area contributed by atoms with Crippen LogP contribution in [0.5, 0.6) is 0 Å². The molecular formula is C39H67NO9Si. The maximum atomic E-state index is 13.0. The quantitative estimate of drug-likeness (QED) is 0.0169. The summed E-state index contributed by atoms with van der Waals surface area (Å²) >= 11 is 0. The zero-order chi connectivity index (χ0) is 38.2. The van der Waals surface area contributed by atoms with Gasteiger partial charge in [0.25, 0.3) is 0 Å². The number of rotatable bonds is 27. The van der Waals surface area contributed by atoms with Gasteiger partial charge in [-0.05, 0) is 64.1 Å². The van der Waals surface area contributed by atoms with Crippen molar-refractivity contribution in [1.29, 1.82) is 0 Å². The van der Waals surface area contributed by atoms with E-state index in [-0.39, 0.29) is 42.7 Å². The predicted molar refractivity (Wildman–Crippen MR) is 204 cm³/mol. The summed E-state index contributed by atoms with van der Waals surface area (Å²) in [5, 5.41) is 0.114. The van der Waals surface area contributed by atoms with Crippen LogP contribution < -0.4 is 5.73 Å². The molecule has 0 saturated carbocycles. The van der Waals surface area contributed by atoms with Crippen LogP contribution in [-0.4, -0.2) is 79.2 Å². The second-order valence-corrected chi connectivity index (χ2v) is 18.9. The average molecular weight is 722 g/mol. The Kier molecular flexibility index (Phi) is 24.6. The van der Waals surface area contributed by atoms with Gasteiger partial charge in [-0.2, -0.15) is 0 Å². The van der Waals surface area contributed by atoms with Gasteiger partial charge in [-0.15, -0.1) is 13.2 Å². The largest absolute Gasteiger partial charge is 0.458 e. The molecule has 0 saturated heterocycles. The van der Waals surface area contributed by atoms with Crippen LogP contribution in [0.2, 0.25) is 18.1 Å². The first-order valence-electron chi connectivity index (χ1n) is 17.4.